The second kappa shape index (κ2) is 10.2. The normalized spacial score (nSPS) is 18.2. The van der Waals surface area contributed by atoms with Crippen LogP contribution in [0.1, 0.15) is 47.9 Å². The number of aryl methyl sites for hydroxylation is 3. The zero-order chi connectivity index (χ0) is 23.2. The van der Waals surface area contributed by atoms with Gasteiger partial charge in [-0.15, -0.1) is 0 Å². The molecule has 180 valence electrons. The van der Waals surface area contributed by atoms with Gasteiger partial charge >= 0.3 is 45.8 Å². The quantitative estimate of drug-likeness (QED) is 0.614. The molecule has 3 aliphatic rings. The van der Waals surface area contributed by atoms with E-state index in [1.165, 1.54) is 26.6 Å². The molecule has 11 heteroatoms. The van der Waals surface area contributed by atoms with E-state index in [0.29, 0.717) is 18.7 Å². The minimum absolute atomic E-state index is 0. The van der Waals surface area contributed by atoms with E-state index in [1.54, 1.807) is 24.0 Å². The summed E-state index contributed by atoms with van der Waals surface area (Å²) in [4.78, 5) is 15.2. The Balaban J connectivity index is 0.00000274. The van der Waals surface area contributed by atoms with Crippen molar-refractivity contribution in [1.82, 2.24) is 19.4 Å². The Morgan fingerprint density at radius 1 is 1.06 bits per heavy atom. The number of benzene rings is 1. The van der Waals surface area contributed by atoms with Crippen LogP contribution in [0, 0.1) is 0 Å². The van der Waals surface area contributed by atoms with E-state index in [-0.39, 0.29) is 35.6 Å². The van der Waals surface area contributed by atoms with Gasteiger partial charge in [0.15, 0.2) is 5.82 Å². The first kappa shape index (κ1) is 25.5. The van der Waals surface area contributed by atoms with E-state index in [4.69, 9.17) is 0 Å². The summed E-state index contributed by atoms with van der Waals surface area (Å²) in [6.45, 7) is 1.58. The molecule has 0 bridgehead atoms. The summed E-state index contributed by atoms with van der Waals surface area (Å²) in [5, 5.41) is 7.27. The Morgan fingerprint density at radius 3 is 2.24 bits per heavy atom. The van der Waals surface area contributed by atoms with Crippen LogP contribution in [0.4, 0.5) is 16.3 Å². The fraction of sp³-hybridized carbons (Fsp3) is 0.565. The number of hydrogen-bond donors (Lipinski definition) is 2. The van der Waals surface area contributed by atoms with Crippen molar-refractivity contribution in [2.75, 3.05) is 29.8 Å². The third kappa shape index (κ3) is 5.02. The molecule has 2 aliphatic carbocycles. The molecule has 0 radical (unpaired) electrons. The number of amides is 2. The molecular formula is C23H33N6NaO3S. The molecule has 0 unspecified atom stereocenters. The van der Waals surface area contributed by atoms with Crippen LogP contribution >= 0.6 is 0 Å². The Labute approximate surface area is 223 Å². The number of rotatable bonds is 5. The van der Waals surface area contributed by atoms with Crippen molar-refractivity contribution in [3.8, 4) is 0 Å². The second-order valence-electron chi connectivity index (χ2n) is 9.47. The van der Waals surface area contributed by atoms with Gasteiger partial charge in [0.05, 0.1) is 6.04 Å². The Hall–Kier alpha value is -1.59. The van der Waals surface area contributed by atoms with Gasteiger partial charge in [-0.2, -0.15) is 13.5 Å². The van der Waals surface area contributed by atoms with E-state index in [9.17, 15) is 13.2 Å². The van der Waals surface area contributed by atoms with Crippen LogP contribution in [0.3, 0.4) is 0 Å². The molecule has 34 heavy (non-hydrogen) atoms. The molecule has 0 atom stereocenters. The second-order valence-corrected chi connectivity index (χ2v) is 11.0. The van der Waals surface area contributed by atoms with Gasteiger partial charge in [0.1, 0.15) is 0 Å². The number of fused-ring (bicyclic) bond motifs is 2. The van der Waals surface area contributed by atoms with Crippen LogP contribution in [0.2, 0.25) is 0 Å². The van der Waals surface area contributed by atoms with Gasteiger partial charge in [-0.3, -0.25) is 4.68 Å². The Morgan fingerprint density at radius 2 is 1.68 bits per heavy atom. The predicted octanol–water partition coefficient (Wildman–Crippen LogP) is 1.72. The molecule has 1 saturated heterocycles. The first-order valence-electron chi connectivity index (χ1n) is 11.8. The number of nitrogens with one attached hydrogen (secondary N) is 2. The predicted molar refractivity (Wildman–Crippen MR) is 135 cm³/mol. The molecule has 1 aromatic heterocycles. The first-order chi connectivity index (χ1) is 15.8. The van der Waals surface area contributed by atoms with E-state index in [0.717, 1.165) is 57.3 Å². The first-order valence-corrected chi connectivity index (χ1v) is 13.2. The summed E-state index contributed by atoms with van der Waals surface area (Å²) in [5.41, 5.74) is 5.74. The molecule has 2 aromatic rings. The fourth-order valence-electron chi connectivity index (χ4n) is 5.53. The maximum absolute atomic E-state index is 13.5. The van der Waals surface area contributed by atoms with Gasteiger partial charge in [0.25, 0.3) is 0 Å². The molecule has 2 amide bonds. The number of likely N-dealkylation sites (tertiary alicyclic amines) is 1. The van der Waals surface area contributed by atoms with Crippen LogP contribution < -0.4 is 14.3 Å². The van der Waals surface area contributed by atoms with Crippen LogP contribution in [-0.4, -0.2) is 84.9 Å². The van der Waals surface area contributed by atoms with Gasteiger partial charge in [-0.25, -0.2) is 13.8 Å². The van der Waals surface area contributed by atoms with Crippen molar-refractivity contribution in [3.63, 3.8) is 0 Å². The van der Waals surface area contributed by atoms with E-state index < -0.39 is 16.2 Å². The summed E-state index contributed by atoms with van der Waals surface area (Å²) in [6, 6.07) is 2.99. The number of nitrogens with zero attached hydrogens (tertiary/aromatic N) is 4. The summed E-state index contributed by atoms with van der Waals surface area (Å²) < 4.78 is 32.1. The molecule has 9 nitrogen and oxygen atoms in total. The van der Waals surface area contributed by atoms with E-state index in [2.05, 4.69) is 26.1 Å². The third-order valence-corrected chi connectivity index (χ3v) is 8.58. The van der Waals surface area contributed by atoms with Crippen molar-refractivity contribution in [2.24, 2.45) is 7.05 Å². The molecular weight excluding hydrogens is 463 g/mol. The summed E-state index contributed by atoms with van der Waals surface area (Å²) >= 11 is 0. The number of hydrogen-bond acceptors (Lipinski definition) is 5. The minimum atomic E-state index is -4.15. The van der Waals surface area contributed by atoms with Gasteiger partial charge in [0.2, 0.25) is 0 Å². The van der Waals surface area contributed by atoms with Gasteiger partial charge < -0.3 is 10.2 Å². The molecule has 5 rings (SSSR count). The maximum atomic E-state index is 13.5. The molecule has 1 aromatic carbocycles. The Kier molecular flexibility index (Phi) is 7.64. The van der Waals surface area contributed by atoms with Crippen molar-refractivity contribution >= 4 is 57.3 Å². The van der Waals surface area contributed by atoms with Crippen LogP contribution in [0.25, 0.3) is 0 Å². The number of carbonyl (C=O) groups is 1. The monoisotopic (exact) mass is 496 g/mol. The molecule has 2 N–H and O–H groups in total. The molecule has 0 spiro atoms. The fourth-order valence-corrected chi connectivity index (χ4v) is 6.86. The van der Waals surface area contributed by atoms with Crippen LogP contribution in [0.5, 0.6) is 0 Å². The van der Waals surface area contributed by atoms with Crippen molar-refractivity contribution in [1.29, 1.82) is 0 Å². The standard InChI is InChI=1S/C23H32N6O3S.Na.H/c1-27-12-9-18(10-13-27)29(21-11-14-28(2)25-21)33(31,32)26-23(30)24-22-19-7-3-5-16(19)15-17-6-4-8-20(17)22;;/h11,14-15,18H,3-10,12-13H2,1-2H3,(H2,24,26,30);;. The van der Waals surface area contributed by atoms with Gasteiger partial charge in [0, 0.05) is 25.0 Å². The topological polar surface area (TPSA) is 99.6 Å². The average Bonchev–Trinajstić information content (AvgIpc) is 3.50. The van der Waals surface area contributed by atoms with Crippen molar-refractivity contribution in [2.45, 2.75) is 57.4 Å². The zero-order valence-corrected chi connectivity index (χ0v) is 20.1. The average molecular weight is 497 g/mol. The Bertz CT molecular complexity index is 1140. The number of aromatic nitrogens is 2. The molecule has 2 heterocycles. The molecule has 0 saturated carbocycles. The molecule has 1 fully saturated rings. The number of carbonyl (C=O) groups excluding carboxylic acids is 1. The van der Waals surface area contributed by atoms with Gasteiger partial charge in [-0.1, -0.05) is 6.07 Å². The van der Waals surface area contributed by atoms with Crippen molar-refractivity contribution < 1.29 is 13.2 Å². The number of piperidine rings is 1. The number of urea groups is 1. The molecule has 1 aliphatic heterocycles. The van der Waals surface area contributed by atoms with Crippen molar-refractivity contribution in [3.05, 3.63) is 40.6 Å². The van der Waals surface area contributed by atoms with E-state index >= 15 is 0 Å². The summed E-state index contributed by atoms with van der Waals surface area (Å²) in [5.74, 6) is 0.328. The van der Waals surface area contributed by atoms with Gasteiger partial charge in [-0.05, 0) is 93.8 Å². The summed E-state index contributed by atoms with van der Waals surface area (Å²) in [6.07, 6.45) is 9.06. The zero-order valence-electron chi connectivity index (χ0n) is 19.3. The third-order valence-electron chi connectivity index (χ3n) is 7.14. The number of anilines is 2. The van der Waals surface area contributed by atoms with Crippen LogP contribution in [-0.2, 0) is 42.9 Å². The van der Waals surface area contributed by atoms with E-state index in [1.807, 2.05) is 7.05 Å². The summed E-state index contributed by atoms with van der Waals surface area (Å²) in [7, 11) is -0.374. The van der Waals surface area contributed by atoms with Crippen LogP contribution in [0.15, 0.2) is 18.3 Å². The SMILES string of the molecule is CN1CCC(N(c2ccn(C)n2)S(=O)(=O)NC(=O)Nc2c3c(cc4c2CCC4)CCC3)CC1.[NaH].